The van der Waals surface area contributed by atoms with Gasteiger partial charge in [-0.3, -0.25) is 4.79 Å². The van der Waals surface area contributed by atoms with Crippen molar-refractivity contribution >= 4 is 33.9 Å². The van der Waals surface area contributed by atoms with Gasteiger partial charge in [0.15, 0.2) is 5.65 Å². The van der Waals surface area contributed by atoms with Gasteiger partial charge in [-0.15, -0.1) is 0 Å². The lowest BCUT2D eigenvalue weighted by Crippen LogP contribution is -2.33. The normalized spacial score (nSPS) is 12.3. The van der Waals surface area contributed by atoms with Crippen LogP contribution in [0.5, 0.6) is 0 Å². The zero-order valence-corrected chi connectivity index (χ0v) is 18.8. The number of nitrogens with two attached hydrogens (primary N) is 1. The Balaban J connectivity index is 1.63. The first-order chi connectivity index (χ1) is 15.6. The van der Waals surface area contributed by atoms with E-state index < -0.39 is 0 Å². The summed E-state index contributed by atoms with van der Waals surface area (Å²) in [7, 11) is 0. The Hall–Kier alpha value is -3.41. The van der Waals surface area contributed by atoms with Crippen LogP contribution in [0.4, 0.5) is 5.82 Å². The highest BCUT2D eigenvalue weighted by Gasteiger charge is 2.24. The number of para-hydroxylation sites is 2. The van der Waals surface area contributed by atoms with Crippen molar-refractivity contribution in [2.45, 2.75) is 58.5 Å². The Kier molecular flexibility index (Phi) is 6.69. The van der Waals surface area contributed by atoms with Crippen molar-refractivity contribution in [2.75, 3.05) is 5.73 Å². The van der Waals surface area contributed by atoms with E-state index in [9.17, 15) is 4.79 Å². The molecule has 1 unspecified atom stereocenters. The van der Waals surface area contributed by atoms with Crippen LogP contribution in [0.3, 0.4) is 0 Å². The van der Waals surface area contributed by atoms with Crippen molar-refractivity contribution in [3.05, 3.63) is 65.7 Å². The van der Waals surface area contributed by atoms with Gasteiger partial charge in [0.25, 0.3) is 5.91 Å². The van der Waals surface area contributed by atoms with E-state index in [4.69, 9.17) is 15.7 Å². The maximum atomic E-state index is 13.3. The van der Waals surface area contributed by atoms with Gasteiger partial charge in [-0.2, -0.15) is 0 Å². The fourth-order valence-electron chi connectivity index (χ4n) is 4.08. The molecule has 2 aromatic heterocycles. The van der Waals surface area contributed by atoms with Crippen LogP contribution in [0.1, 0.15) is 55.5 Å². The van der Waals surface area contributed by atoms with Crippen LogP contribution in [0.25, 0.3) is 22.2 Å². The lowest BCUT2D eigenvalue weighted by Gasteiger charge is -2.14. The van der Waals surface area contributed by atoms with Gasteiger partial charge in [-0.25, -0.2) is 9.97 Å². The van der Waals surface area contributed by atoms with Gasteiger partial charge in [-0.1, -0.05) is 62.2 Å². The standard InChI is InChI=1S/C26H31N5O/c1-3-4-10-17-31-24(27)22(23-25(31)30-21-14-9-8-13-20(21)29-23)26(32)28-18(2)15-16-19-11-6-5-7-12-19/h5-9,11-14,18H,3-4,10,15-17,27H2,1-2H3,(H,28,32). The highest BCUT2D eigenvalue weighted by atomic mass is 16.1. The van der Waals surface area contributed by atoms with Crippen molar-refractivity contribution < 1.29 is 4.79 Å². The largest absolute Gasteiger partial charge is 0.384 e. The molecule has 2 heterocycles. The summed E-state index contributed by atoms with van der Waals surface area (Å²) < 4.78 is 1.95. The van der Waals surface area contributed by atoms with E-state index in [0.717, 1.165) is 49.7 Å². The number of nitrogens with zero attached hydrogens (tertiary/aromatic N) is 3. The quantitative estimate of drug-likeness (QED) is 0.362. The minimum atomic E-state index is -0.188. The molecule has 3 N–H and O–H groups in total. The first-order valence-corrected chi connectivity index (χ1v) is 11.5. The molecule has 1 amide bonds. The predicted molar refractivity (Wildman–Crippen MR) is 131 cm³/mol. The first kappa shape index (κ1) is 21.8. The summed E-state index contributed by atoms with van der Waals surface area (Å²) >= 11 is 0. The van der Waals surface area contributed by atoms with Crippen molar-refractivity contribution in [2.24, 2.45) is 0 Å². The molecule has 0 aliphatic rings. The minimum absolute atomic E-state index is 0.00835. The van der Waals surface area contributed by atoms with Crippen LogP contribution in [0.2, 0.25) is 0 Å². The minimum Gasteiger partial charge on any atom is -0.384 e. The summed E-state index contributed by atoms with van der Waals surface area (Å²) in [5.41, 5.74) is 11.0. The van der Waals surface area contributed by atoms with Gasteiger partial charge in [0.2, 0.25) is 0 Å². The van der Waals surface area contributed by atoms with Gasteiger partial charge in [0.05, 0.1) is 11.0 Å². The van der Waals surface area contributed by atoms with Crippen molar-refractivity contribution in [1.29, 1.82) is 0 Å². The van der Waals surface area contributed by atoms with E-state index in [1.165, 1.54) is 5.56 Å². The average molecular weight is 430 g/mol. The molecule has 32 heavy (non-hydrogen) atoms. The number of unbranched alkanes of at least 4 members (excludes halogenated alkanes) is 2. The number of nitrogens with one attached hydrogen (secondary N) is 1. The SMILES string of the molecule is CCCCCn1c(N)c(C(=O)NC(C)CCc2ccccc2)c2nc3ccccc3nc21. The molecular formula is C26H31N5O. The van der Waals surface area contributed by atoms with Gasteiger partial charge >= 0.3 is 0 Å². The van der Waals surface area contributed by atoms with Crippen molar-refractivity contribution in [3.63, 3.8) is 0 Å². The van der Waals surface area contributed by atoms with E-state index in [1.807, 2.05) is 54.0 Å². The molecule has 0 bridgehead atoms. The summed E-state index contributed by atoms with van der Waals surface area (Å²) in [5.74, 6) is 0.256. The molecule has 6 nitrogen and oxygen atoms in total. The van der Waals surface area contributed by atoms with E-state index >= 15 is 0 Å². The van der Waals surface area contributed by atoms with Gasteiger partial charge in [0, 0.05) is 12.6 Å². The van der Waals surface area contributed by atoms with Crippen LogP contribution >= 0.6 is 0 Å². The fourth-order valence-corrected chi connectivity index (χ4v) is 4.08. The molecule has 4 aromatic rings. The summed E-state index contributed by atoms with van der Waals surface area (Å²) in [4.78, 5) is 22.9. The van der Waals surface area contributed by atoms with Crippen molar-refractivity contribution in [3.8, 4) is 0 Å². The molecule has 6 heteroatoms. The molecule has 0 radical (unpaired) electrons. The summed E-state index contributed by atoms with van der Waals surface area (Å²) in [6.07, 6.45) is 4.94. The maximum Gasteiger partial charge on any atom is 0.257 e. The van der Waals surface area contributed by atoms with Crippen LogP contribution in [0, 0.1) is 0 Å². The Labute approximate surface area is 188 Å². The summed E-state index contributed by atoms with van der Waals surface area (Å²) in [6.45, 7) is 4.92. The van der Waals surface area contributed by atoms with Gasteiger partial charge in [0.1, 0.15) is 16.9 Å². The molecular weight excluding hydrogens is 398 g/mol. The Morgan fingerprint density at radius 2 is 1.72 bits per heavy atom. The highest BCUT2D eigenvalue weighted by Crippen LogP contribution is 2.28. The van der Waals surface area contributed by atoms with Crippen LogP contribution in [0.15, 0.2) is 54.6 Å². The predicted octanol–water partition coefficient (Wildman–Crippen LogP) is 5.11. The third kappa shape index (κ3) is 4.59. The van der Waals surface area contributed by atoms with Crippen molar-refractivity contribution in [1.82, 2.24) is 19.9 Å². The third-order valence-electron chi connectivity index (χ3n) is 5.89. The molecule has 0 aliphatic carbocycles. The topological polar surface area (TPSA) is 85.8 Å². The van der Waals surface area contributed by atoms with Crippen LogP contribution in [-0.4, -0.2) is 26.5 Å². The van der Waals surface area contributed by atoms with E-state index in [2.05, 4.69) is 24.4 Å². The Bertz CT molecular complexity index is 1220. The first-order valence-electron chi connectivity index (χ1n) is 11.5. The van der Waals surface area contributed by atoms with Crippen LogP contribution in [-0.2, 0) is 13.0 Å². The molecule has 0 fully saturated rings. The molecule has 4 rings (SSSR count). The number of hydrogen-bond acceptors (Lipinski definition) is 4. The number of carbonyl (C=O) groups is 1. The number of anilines is 1. The molecule has 0 saturated carbocycles. The second kappa shape index (κ2) is 9.81. The average Bonchev–Trinajstić information content (AvgIpc) is 3.07. The number of hydrogen-bond donors (Lipinski definition) is 2. The third-order valence-corrected chi connectivity index (χ3v) is 5.89. The lowest BCUT2D eigenvalue weighted by atomic mass is 10.1. The highest BCUT2D eigenvalue weighted by molar-refractivity contribution is 6.10. The Morgan fingerprint density at radius 1 is 1.03 bits per heavy atom. The number of fused-ring (bicyclic) bond motifs is 2. The molecule has 0 saturated heterocycles. The molecule has 0 aliphatic heterocycles. The fraction of sp³-hybridized carbons (Fsp3) is 0.346. The molecule has 2 aromatic carbocycles. The number of aryl methyl sites for hydroxylation is 2. The number of benzene rings is 2. The summed E-state index contributed by atoms with van der Waals surface area (Å²) in [5, 5.41) is 3.13. The van der Waals surface area contributed by atoms with E-state index in [1.54, 1.807) is 0 Å². The van der Waals surface area contributed by atoms with Gasteiger partial charge in [-0.05, 0) is 43.9 Å². The zero-order valence-electron chi connectivity index (χ0n) is 18.8. The molecule has 1 atom stereocenters. The zero-order chi connectivity index (χ0) is 22.5. The van der Waals surface area contributed by atoms with Gasteiger partial charge < -0.3 is 15.6 Å². The second-order valence-corrected chi connectivity index (χ2v) is 8.40. The maximum absolute atomic E-state index is 13.3. The summed E-state index contributed by atoms with van der Waals surface area (Å²) in [6, 6.07) is 18.0. The molecule has 166 valence electrons. The van der Waals surface area contributed by atoms with E-state index in [-0.39, 0.29) is 11.9 Å². The van der Waals surface area contributed by atoms with Crippen LogP contribution < -0.4 is 11.1 Å². The number of nitrogen functional groups attached to an aromatic ring is 1. The lowest BCUT2D eigenvalue weighted by molar-refractivity contribution is 0.0940. The number of rotatable bonds is 9. The number of amides is 1. The smallest absolute Gasteiger partial charge is 0.257 e. The number of carbonyl (C=O) groups excluding carboxylic acids is 1. The Morgan fingerprint density at radius 3 is 2.44 bits per heavy atom. The number of aromatic nitrogens is 3. The monoisotopic (exact) mass is 429 g/mol. The second-order valence-electron chi connectivity index (χ2n) is 8.40. The van der Waals surface area contributed by atoms with E-state index in [0.29, 0.717) is 22.5 Å². The molecule has 0 spiro atoms.